The number of aliphatic hydroxyl groups is 1. The van der Waals surface area contributed by atoms with Crippen molar-refractivity contribution in [2.24, 2.45) is 7.05 Å². The van der Waals surface area contributed by atoms with Gasteiger partial charge in [-0.15, -0.1) is 0 Å². The molecule has 0 radical (unpaired) electrons. The molecule has 2 aromatic rings. The lowest BCUT2D eigenvalue weighted by molar-refractivity contribution is 0.243. The van der Waals surface area contributed by atoms with Crippen molar-refractivity contribution in [3.05, 3.63) is 58.9 Å². The minimum Gasteiger partial charge on any atom is -0.394 e. The van der Waals surface area contributed by atoms with Crippen LogP contribution in [0, 0.1) is 13.8 Å². The summed E-state index contributed by atoms with van der Waals surface area (Å²) in [6.07, 6.45) is 0. The molecule has 2 N–H and O–H groups in total. The summed E-state index contributed by atoms with van der Waals surface area (Å²) in [6, 6.07) is 12.2. The van der Waals surface area contributed by atoms with Gasteiger partial charge in [-0.25, -0.2) is 0 Å². The largest absolute Gasteiger partial charge is 0.394 e. The van der Waals surface area contributed by atoms with Gasteiger partial charge in [0.1, 0.15) is 0 Å². The molecule has 1 aromatic heterocycles. The van der Waals surface area contributed by atoms with Crippen molar-refractivity contribution in [3.8, 4) is 0 Å². The summed E-state index contributed by atoms with van der Waals surface area (Å²) in [5.74, 6) is 0. The molecule has 0 amide bonds. The molecule has 0 fully saturated rings. The van der Waals surface area contributed by atoms with Crippen molar-refractivity contribution >= 4 is 0 Å². The maximum absolute atomic E-state index is 9.52. The Balaban J connectivity index is 2.06. The number of hydrogen-bond donors (Lipinski definition) is 2. The molecule has 19 heavy (non-hydrogen) atoms. The Morgan fingerprint density at radius 3 is 2.42 bits per heavy atom. The monoisotopic (exact) mass is 258 g/mol. The molecule has 0 aliphatic rings. The van der Waals surface area contributed by atoms with E-state index in [9.17, 15) is 5.11 Å². The van der Waals surface area contributed by atoms with Crippen molar-refractivity contribution < 1.29 is 5.11 Å². The molecule has 1 aromatic carbocycles. The Morgan fingerprint density at radius 2 is 1.89 bits per heavy atom. The zero-order chi connectivity index (χ0) is 13.8. The van der Waals surface area contributed by atoms with E-state index in [-0.39, 0.29) is 12.6 Å². The third-order valence-corrected chi connectivity index (χ3v) is 3.80. The van der Waals surface area contributed by atoms with Gasteiger partial charge in [-0.05, 0) is 31.0 Å². The number of hydrogen-bond acceptors (Lipinski definition) is 2. The van der Waals surface area contributed by atoms with Gasteiger partial charge in [-0.3, -0.25) is 0 Å². The standard InChI is InChI=1S/C16H22N2O/c1-12-9-15(13(2)18(12)3)10-17-16(11-19)14-7-5-4-6-8-14/h4-9,16-17,19H,10-11H2,1-3H3/t16-/m1/s1. The first-order valence-corrected chi connectivity index (χ1v) is 6.64. The number of aryl methyl sites for hydroxylation is 1. The number of aliphatic hydroxyl groups excluding tert-OH is 1. The van der Waals surface area contributed by atoms with Gasteiger partial charge in [-0.2, -0.15) is 0 Å². The predicted molar refractivity (Wildman–Crippen MR) is 78.0 cm³/mol. The average molecular weight is 258 g/mol. The van der Waals surface area contributed by atoms with Crippen molar-refractivity contribution in [2.45, 2.75) is 26.4 Å². The molecule has 0 aliphatic carbocycles. The predicted octanol–water partition coefficient (Wildman–Crippen LogP) is 2.47. The summed E-state index contributed by atoms with van der Waals surface area (Å²) in [6.45, 7) is 5.11. The molecule has 1 atom stereocenters. The Bertz CT molecular complexity index is 531. The van der Waals surface area contributed by atoms with E-state index in [4.69, 9.17) is 0 Å². The van der Waals surface area contributed by atoms with Crippen LogP contribution in [-0.4, -0.2) is 16.3 Å². The van der Waals surface area contributed by atoms with Crippen LogP contribution in [0.25, 0.3) is 0 Å². The lowest BCUT2D eigenvalue weighted by Crippen LogP contribution is -2.24. The topological polar surface area (TPSA) is 37.2 Å². The van der Waals surface area contributed by atoms with E-state index in [2.05, 4.69) is 36.8 Å². The van der Waals surface area contributed by atoms with E-state index in [0.717, 1.165) is 12.1 Å². The number of nitrogens with one attached hydrogen (secondary N) is 1. The molecule has 0 saturated heterocycles. The number of nitrogens with zero attached hydrogens (tertiary/aromatic N) is 1. The van der Waals surface area contributed by atoms with Crippen molar-refractivity contribution in [1.82, 2.24) is 9.88 Å². The fourth-order valence-electron chi connectivity index (χ4n) is 2.32. The van der Waals surface area contributed by atoms with Gasteiger partial charge in [0.15, 0.2) is 0 Å². The third kappa shape index (κ3) is 3.06. The molecule has 0 unspecified atom stereocenters. The van der Waals surface area contributed by atoms with Gasteiger partial charge in [0.2, 0.25) is 0 Å². The summed E-state index contributed by atoms with van der Waals surface area (Å²) in [5, 5.41) is 12.9. The highest BCUT2D eigenvalue weighted by Gasteiger charge is 2.11. The molecule has 102 valence electrons. The Morgan fingerprint density at radius 1 is 1.21 bits per heavy atom. The molecule has 0 saturated carbocycles. The smallest absolute Gasteiger partial charge is 0.0626 e. The Kier molecular flexibility index (Phi) is 4.40. The number of rotatable bonds is 5. The Hall–Kier alpha value is -1.58. The third-order valence-electron chi connectivity index (χ3n) is 3.80. The minimum absolute atomic E-state index is 0.0129. The second-order valence-electron chi connectivity index (χ2n) is 4.98. The first kappa shape index (κ1) is 13.8. The van der Waals surface area contributed by atoms with Crippen LogP contribution in [0.1, 0.15) is 28.6 Å². The molecule has 2 rings (SSSR count). The SMILES string of the molecule is Cc1cc(CN[C@H](CO)c2ccccc2)c(C)n1C. The van der Waals surface area contributed by atoms with Gasteiger partial charge in [0, 0.05) is 25.0 Å². The lowest BCUT2D eigenvalue weighted by atomic mass is 10.1. The van der Waals surface area contributed by atoms with Crippen LogP contribution >= 0.6 is 0 Å². The van der Waals surface area contributed by atoms with E-state index in [1.807, 2.05) is 30.3 Å². The average Bonchev–Trinajstić information content (AvgIpc) is 2.68. The summed E-state index contributed by atoms with van der Waals surface area (Å²) in [4.78, 5) is 0. The first-order valence-electron chi connectivity index (χ1n) is 6.64. The fraction of sp³-hybridized carbons (Fsp3) is 0.375. The molecular weight excluding hydrogens is 236 g/mol. The molecule has 0 spiro atoms. The van der Waals surface area contributed by atoms with E-state index in [0.29, 0.717) is 0 Å². The van der Waals surface area contributed by atoms with E-state index in [1.54, 1.807) is 0 Å². The quantitative estimate of drug-likeness (QED) is 0.864. The fourth-order valence-corrected chi connectivity index (χ4v) is 2.32. The second-order valence-corrected chi connectivity index (χ2v) is 4.98. The van der Waals surface area contributed by atoms with Crippen LogP contribution < -0.4 is 5.32 Å². The highest BCUT2D eigenvalue weighted by atomic mass is 16.3. The van der Waals surface area contributed by atoms with Gasteiger partial charge in [0.25, 0.3) is 0 Å². The lowest BCUT2D eigenvalue weighted by Gasteiger charge is -2.16. The maximum atomic E-state index is 9.52. The van der Waals surface area contributed by atoms with Crippen LogP contribution in [0.15, 0.2) is 36.4 Å². The molecule has 1 heterocycles. The first-order chi connectivity index (χ1) is 9.13. The van der Waals surface area contributed by atoms with Crippen molar-refractivity contribution in [3.63, 3.8) is 0 Å². The van der Waals surface area contributed by atoms with Gasteiger partial charge < -0.3 is 15.0 Å². The summed E-state index contributed by atoms with van der Waals surface area (Å²) in [5.41, 5.74) is 4.94. The van der Waals surface area contributed by atoms with Crippen LogP contribution in [0.5, 0.6) is 0 Å². The zero-order valence-corrected chi connectivity index (χ0v) is 11.9. The highest BCUT2D eigenvalue weighted by Crippen LogP contribution is 2.16. The molecular formula is C16H22N2O. The van der Waals surface area contributed by atoms with Gasteiger partial charge in [-0.1, -0.05) is 30.3 Å². The van der Waals surface area contributed by atoms with Gasteiger partial charge >= 0.3 is 0 Å². The molecule has 0 bridgehead atoms. The Labute approximate surface area is 114 Å². The number of aromatic nitrogens is 1. The molecule has 3 heteroatoms. The van der Waals surface area contributed by atoms with Crippen LogP contribution in [-0.2, 0) is 13.6 Å². The van der Waals surface area contributed by atoms with Crippen molar-refractivity contribution in [1.29, 1.82) is 0 Å². The van der Waals surface area contributed by atoms with E-state index >= 15 is 0 Å². The summed E-state index contributed by atoms with van der Waals surface area (Å²) in [7, 11) is 2.08. The summed E-state index contributed by atoms with van der Waals surface area (Å²) >= 11 is 0. The summed E-state index contributed by atoms with van der Waals surface area (Å²) < 4.78 is 2.19. The van der Waals surface area contributed by atoms with Crippen LogP contribution in [0.2, 0.25) is 0 Å². The number of benzene rings is 1. The maximum Gasteiger partial charge on any atom is 0.0626 e. The van der Waals surface area contributed by atoms with Crippen LogP contribution in [0.3, 0.4) is 0 Å². The minimum atomic E-state index is -0.0129. The molecule has 3 nitrogen and oxygen atoms in total. The second kappa shape index (κ2) is 6.04. The van der Waals surface area contributed by atoms with Crippen molar-refractivity contribution in [2.75, 3.05) is 6.61 Å². The normalized spacial score (nSPS) is 12.6. The van der Waals surface area contributed by atoms with Gasteiger partial charge in [0.05, 0.1) is 12.6 Å². The van der Waals surface area contributed by atoms with E-state index in [1.165, 1.54) is 17.0 Å². The van der Waals surface area contributed by atoms with E-state index < -0.39 is 0 Å². The zero-order valence-electron chi connectivity index (χ0n) is 11.9. The highest BCUT2D eigenvalue weighted by molar-refractivity contribution is 5.27. The van der Waals surface area contributed by atoms with Crippen LogP contribution in [0.4, 0.5) is 0 Å². The molecule has 0 aliphatic heterocycles.